The van der Waals surface area contributed by atoms with Crippen molar-refractivity contribution >= 4 is 23.1 Å². The Morgan fingerprint density at radius 2 is 2.18 bits per heavy atom. The lowest BCUT2D eigenvalue weighted by Gasteiger charge is -2.29. The second-order valence-corrected chi connectivity index (χ2v) is 6.53. The average Bonchev–Trinajstić information content (AvgIpc) is 3.00. The van der Waals surface area contributed by atoms with Crippen molar-refractivity contribution in [1.82, 2.24) is 15.3 Å². The van der Waals surface area contributed by atoms with E-state index in [0.29, 0.717) is 12.2 Å². The summed E-state index contributed by atoms with van der Waals surface area (Å²) in [6, 6.07) is 3.95. The van der Waals surface area contributed by atoms with Crippen molar-refractivity contribution in [1.29, 1.82) is 0 Å². The van der Waals surface area contributed by atoms with E-state index >= 15 is 0 Å². The fourth-order valence-corrected chi connectivity index (χ4v) is 3.29. The Labute approximate surface area is 134 Å². The van der Waals surface area contributed by atoms with Gasteiger partial charge in [0.15, 0.2) is 0 Å². The number of hydrogen-bond acceptors (Lipinski definition) is 5. The lowest BCUT2D eigenvalue weighted by atomic mass is 10.1. The monoisotopic (exact) mass is 316 g/mol. The maximum Gasteiger partial charge on any atom is 0.271 e. The van der Waals surface area contributed by atoms with Crippen LogP contribution in [0.2, 0.25) is 0 Å². The molecule has 0 radical (unpaired) electrons. The van der Waals surface area contributed by atoms with E-state index in [2.05, 4.69) is 20.2 Å². The van der Waals surface area contributed by atoms with Gasteiger partial charge in [-0.3, -0.25) is 4.79 Å². The molecule has 3 heterocycles. The minimum absolute atomic E-state index is 0.127. The van der Waals surface area contributed by atoms with Gasteiger partial charge in [-0.1, -0.05) is 6.07 Å². The fourth-order valence-electron chi connectivity index (χ4n) is 2.69. The second kappa shape index (κ2) is 6.87. The Morgan fingerprint density at radius 3 is 2.91 bits per heavy atom. The van der Waals surface area contributed by atoms with Crippen molar-refractivity contribution < 1.29 is 4.79 Å². The summed E-state index contributed by atoms with van der Waals surface area (Å²) in [5.74, 6) is 0.870. The number of amides is 1. The SMILES string of the molecule is Cc1nc(C(=O)NCc2cccnc2N2CCCCC2)cs1. The van der Waals surface area contributed by atoms with Crippen LogP contribution in [0.15, 0.2) is 23.7 Å². The Kier molecular flexibility index (Phi) is 4.68. The van der Waals surface area contributed by atoms with Crippen molar-refractivity contribution in [3.05, 3.63) is 40.0 Å². The molecule has 1 aliphatic rings. The normalized spacial score (nSPS) is 14.9. The number of anilines is 1. The molecule has 3 rings (SSSR count). The number of nitrogens with zero attached hydrogens (tertiary/aromatic N) is 3. The maximum atomic E-state index is 12.1. The van der Waals surface area contributed by atoms with Gasteiger partial charge in [0.05, 0.1) is 5.01 Å². The molecule has 0 aliphatic carbocycles. The zero-order valence-corrected chi connectivity index (χ0v) is 13.5. The molecular formula is C16H20N4OS. The topological polar surface area (TPSA) is 58.1 Å². The van der Waals surface area contributed by atoms with Crippen LogP contribution in [0.5, 0.6) is 0 Å². The molecule has 0 aromatic carbocycles. The molecule has 1 N–H and O–H groups in total. The Morgan fingerprint density at radius 1 is 1.36 bits per heavy atom. The summed E-state index contributed by atoms with van der Waals surface area (Å²) in [5, 5.41) is 5.64. The summed E-state index contributed by atoms with van der Waals surface area (Å²) >= 11 is 1.49. The highest BCUT2D eigenvalue weighted by Gasteiger charge is 2.16. The van der Waals surface area contributed by atoms with E-state index in [1.807, 2.05) is 25.3 Å². The summed E-state index contributed by atoms with van der Waals surface area (Å²) in [6.07, 6.45) is 5.53. The largest absolute Gasteiger partial charge is 0.356 e. The van der Waals surface area contributed by atoms with Crippen molar-refractivity contribution in [3.63, 3.8) is 0 Å². The molecule has 0 saturated carbocycles. The van der Waals surface area contributed by atoms with E-state index in [0.717, 1.165) is 29.5 Å². The van der Waals surface area contributed by atoms with E-state index in [-0.39, 0.29) is 5.91 Å². The Balaban J connectivity index is 1.68. The number of aromatic nitrogens is 2. The van der Waals surface area contributed by atoms with E-state index in [1.165, 1.54) is 30.6 Å². The highest BCUT2D eigenvalue weighted by molar-refractivity contribution is 7.09. The van der Waals surface area contributed by atoms with Gasteiger partial charge < -0.3 is 10.2 Å². The number of aryl methyl sites for hydroxylation is 1. The van der Waals surface area contributed by atoms with Gasteiger partial charge in [-0.25, -0.2) is 9.97 Å². The molecule has 1 aliphatic heterocycles. The molecule has 0 unspecified atom stereocenters. The second-order valence-electron chi connectivity index (χ2n) is 5.47. The molecule has 116 valence electrons. The lowest BCUT2D eigenvalue weighted by molar-refractivity contribution is 0.0946. The molecule has 1 fully saturated rings. The molecule has 22 heavy (non-hydrogen) atoms. The summed E-state index contributed by atoms with van der Waals surface area (Å²) in [6.45, 7) is 4.47. The van der Waals surface area contributed by atoms with Gasteiger partial charge in [-0.05, 0) is 32.3 Å². The molecule has 5 nitrogen and oxygen atoms in total. The van der Waals surface area contributed by atoms with Crippen LogP contribution in [0.1, 0.15) is 40.3 Å². The molecule has 2 aromatic rings. The molecule has 1 saturated heterocycles. The summed E-state index contributed by atoms with van der Waals surface area (Å²) in [7, 11) is 0. The highest BCUT2D eigenvalue weighted by Crippen LogP contribution is 2.21. The van der Waals surface area contributed by atoms with Gasteiger partial charge in [0.1, 0.15) is 11.5 Å². The van der Waals surface area contributed by atoms with Crippen molar-refractivity contribution in [3.8, 4) is 0 Å². The van der Waals surface area contributed by atoms with Crippen LogP contribution < -0.4 is 10.2 Å². The number of piperidine rings is 1. The number of thiazole rings is 1. The van der Waals surface area contributed by atoms with Crippen LogP contribution in [0, 0.1) is 6.92 Å². The average molecular weight is 316 g/mol. The molecule has 0 bridgehead atoms. The third-order valence-corrected chi connectivity index (χ3v) is 4.59. The van der Waals surface area contributed by atoms with Crippen molar-refractivity contribution in [2.24, 2.45) is 0 Å². The van der Waals surface area contributed by atoms with Crippen LogP contribution >= 0.6 is 11.3 Å². The van der Waals surface area contributed by atoms with Gasteiger partial charge in [0.2, 0.25) is 0 Å². The molecule has 6 heteroatoms. The van der Waals surface area contributed by atoms with Gasteiger partial charge >= 0.3 is 0 Å². The zero-order valence-electron chi connectivity index (χ0n) is 12.7. The highest BCUT2D eigenvalue weighted by atomic mass is 32.1. The predicted octanol–water partition coefficient (Wildman–Crippen LogP) is 2.77. The first-order valence-corrected chi connectivity index (χ1v) is 8.51. The van der Waals surface area contributed by atoms with E-state index in [4.69, 9.17) is 0 Å². The Bertz CT molecular complexity index is 649. The van der Waals surface area contributed by atoms with Crippen molar-refractivity contribution in [2.75, 3.05) is 18.0 Å². The predicted molar refractivity (Wildman–Crippen MR) is 88.3 cm³/mol. The fraction of sp³-hybridized carbons (Fsp3) is 0.438. The number of rotatable bonds is 4. The van der Waals surface area contributed by atoms with Gasteiger partial charge in [0.25, 0.3) is 5.91 Å². The summed E-state index contributed by atoms with van der Waals surface area (Å²) in [4.78, 5) is 23.2. The van der Waals surface area contributed by atoms with Crippen LogP contribution in [-0.2, 0) is 6.54 Å². The van der Waals surface area contributed by atoms with Gasteiger partial charge in [-0.15, -0.1) is 11.3 Å². The van der Waals surface area contributed by atoms with E-state index < -0.39 is 0 Å². The number of hydrogen-bond donors (Lipinski definition) is 1. The van der Waals surface area contributed by atoms with Gasteiger partial charge in [0, 0.05) is 36.8 Å². The Hall–Kier alpha value is -1.95. The number of carbonyl (C=O) groups excluding carboxylic acids is 1. The minimum Gasteiger partial charge on any atom is -0.356 e. The van der Waals surface area contributed by atoms with E-state index in [9.17, 15) is 4.79 Å². The zero-order chi connectivity index (χ0) is 15.4. The molecule has 1 amide bonds. The summed E-state index contributed by atoms with van der Waals surface area (Å²) in [5.41, 5.74) is 1.55. The molecule has 0 atom stereocenters. The number of carbonyl (C=O) groups is 1. The number of nitrogens with one attached hydrogen (secondary N) is 1. The minimum atomic E-state index is -0.127. The standard InChI is InChI=1S/C16H20N4OS/c1-12-19-14(11-22-12)16(21)18-10-13-6-5-7-17-15(13)20-8-3-2-4-9-20/h5-7,11H,2-4,8-10H2,1H3,(H,18,21). The van der Waals surface area contributed by atoms with Crippen molar-refractivity contribution in [2.45, 2.75) is 32.7 Å². The van der Waals surface area contributed by atoms with Gasteiger partial charge in [-0.2, -0.15) is 0 Å². The molecular weight excluding hydrogens is 296 g/mol. The molecule has 2 aromatic heterocycles. The molecule has 0 spiro atoms. The first-order valence-electron chi connectivity index (χ1n) is 7.63. The lowest BCUT2D eigenvalue weighted by Crippen LogP contribution is -2.32. The van der Waals surface area contributed by atoms with Crippen LogP contribution in [0.25, 0.3) is 0 Å². The smallest absolute Gasteiger partial charge is 0.271 e. The third-order valence-electron chi connectivity index (χ3n) is 3.81. The number of pyridine rings is 1. The van der Waals surface area contributed by atoms with Crippen LogP contribution in [0.4, 0.5) is 5.82 Å². The first kappa shape index (κ1) is 15.0. The first-order chi connectivity index (χ1) is 10.7. The maximum absolute atomic E-state index is 12.1. The summed E-state index contributed by atoms with van der Waals surface area (Å²) < 4.78 is 0. The van der Waals surface area contributed by atoms with Crippen LogP contribution in [0.3, 0.4) is 0 Å². The quantitative estimate of drug-likeness (QED) is 0.942. The third kappa shape index (κ3) is 3.44. The van der Waals surface area contributed by atoms with Crippen LogP contribution in [-0.4, -0.2) is 29.0 Å². The van der Waals surface area contributed by atoms with E-state index in [1.54, 1.807) is 5.38 Å².